The number of benzene rings is 4. The molecule has 8 heteroatoms. The average molecular weight is 553 g/mol. The molecule has 0 aliphatic rings. The molecule has 0 aromatic heterocycles. The zero-order valence-corrected chi connectivity index (χ0v) is 22.9. The van der Waals surface area contributed by atoms with E-state index >= 15 is 0 Å². The predicted octanol–water partition coefficient (Wildman–Crippen LogP) is 3.04. The van der Waals surface area contributed by atoms with E-state index in [9.17, 15) is 19.5 Å². The zero-order chi connectivity index (χ0) is 29.0. The van der Waals surface area contributed by atoms with Gasteiger partial charge in [-0.3, -0.25) is 14.4 Å². The Labute approximate surface area is 240 Å². The van der Waals surface area contributed by atoms with Crippen LogP contribution in [0, 0.1) is 0 Å². The van der Waals surface area contributed by atoms with Crippen LogP contribution in [0.3, 0.4) is 0 Å². The molecule has 0 fully saturated rings. The largest absolute Gasteiger partial charge is 0.390 e. The minimum Gasteiger partial charge on any atom is -0.390 e. The minimum atomic E-state index is -0.883. The third kappa shape index (κ3) is 8.73. The Morgan fingerprint density at radius 3 is 2.17 bits per heavy atom. The summed E-state index contributed by atoms with van der Waals surface area (Å²) in [6, 6.07) is 31.5. The minimum absolute atomic E-state index is 0.00860. The van der Waals surface area contributed by atoms with Crippen molar-refractivity contribution < 1.29 is 19.5 Å². The van der Waals surface area contributed by atoms with Crippen molar-refractivity contribution in [3.05, 3.63) is 120 Å². The Morgan fingerprint density at radius 1 is 0.805 bits per heavy atom. The highest BCUT2D eigenvalue weighted by atomic mass is 16.3. The molecule has 0 heterocycles. The fourth-order valence-corrected chi connectivity index (χ4v) is 4.56. The van der Waals surface area contributed by atoms with Crippen LogP contribution in [0.4, 0.5) is 0 Å². The van der Waals surface area contributed by atoms with Crippen LogP contribution in [-0.4, -0.2) is 59.5 Å². The van der Waals surface area contributed by atoms with Crippen LogP contribution >= 0.6 is 0 Å². The molecule has 0 bridgehead atoms. The molecule has 0 aliphatic heterocycles. The van der Waals surface area contributed by atoms with Gasteiger partial charge in [-0.2, -0.15) is 0 Å². The second kappa shape index (κ2) is 14.7. The first-order valence-electron chi connectivity index (χ1n) is 13.7. The van der Waals surface area contributed by atoms with Gasteiger partial charge in [0.1, 0.15) is 6.04 Å². The van der Waals surface area contributed by atoms with Crippen molar-refractivity contribution >= 4 is 28.5 Å². The summed E-state index contributed by atoms with van der Waals surface area (Å²) in [5.74, 6) is -0.951. The molecule has 0 spiro atoms. The maximum absolute atomic E-state index is 13.3. The third-order valence-corrected chi connectivity index (χ3v) is 6.82. The van der Waals surface area contributed by atoms with E-state index in [0.717, 1.165) is 21.9 Å². The van der Waals surface area contributed by atoms with Crippen LogP contribution in [0.1, 0.15) is 27.9 Å². The number of nitrogens with zero attached hydrogens (tertiary/aromatic N) is 1. The van der Waals surface area contributed by atoms with Crippen LogP contribution in [0.15, 0.2) is 103 Å². The second-order valence-corrected chi connectivity index (χ2v) is 9.97. The third-order valence-electron chi connectivity index (χ3n) is 6.82. The highest BCUT2D eigenvalue weighted by Gasteiger charge is 2.23. The molecule has 4 aromatic carbocycles. The van der Waals surface area contributed by atoms with E-state index in [4.69, 9.17) is 5.73 Å². The smallest absolute Gasteiger partial charge is 0.254 e. The van der Waals surface area contributed by atoms with E-state index in [1.54, 1.807) is 29.2 Å². The van der Waals surface area contributed by atoms with Gasteiger partial charge < -0.3 is 26.4 Å². The van der Waals surface area contributed by atoms with Crippen molar-refractivity contribution in [3.8, 4) is 0 Å². The summed E-state index contributed by atoms with van der Waals surface area (Å²) < 4.78 is 0. The summed E-state index contributed by atoms with van der Waals surface area (Å²) in [7, 11) is 0. The number of hydrogen-bond acceptors (Lipinski definition) is 5. The lowest BCUT2D eigenvalue weighted by atomic mass is 10.0. The topological polar surface area (TPSA) is 125 Å². The van der Waals surface area contributed by atoms with Gasteiger partial charge in [0.25, 0.3) is 5.91 Å². The molecule has 4 rings (SSSR count). The molecule has 1 unspecified atom stereocenters. The maximum atomic E-state index is 13.3. The Hall–Kier alpha value is -4.53. The lowest BCUT2D eigenvalue weighted by Crippen LogP contribution is -2.50. The maximum Gasteiger partial charge on any atom is 0.254 e. The molecule has 41 heavy (non-hydrogen) atoms. The SMILES string of the molecule is NCC(O)CNC(=O)[C@@H](Cc1ccc2ccccc2c1)NC(=O)CCN(Cc1ccccc1)C(=O)c1ccccc1. The van der Waals surface area contributed by atoms with Crippen molar-refractivity contribution in [2.24, 2.45) is 5.73 Å². The van der Waals surface area contributed by atoms with E-state index in [1.807, 2.05) is 78.9 Å². The first-order chi connectivity index (χ1) is 19.9. The van der Waals surface area contributed by atoms with Crippen molar-refractivity contribution in [3.63, 3.8) is 0 Å². The van der Waals surface area contributed by atoms with Crippen molar-refractivity contribution in [2.45, 2.75) is 31.5 Å². The normalized spacial score (nSPS) is 12.3. The molecule has 0 radical (unpaired) electrons. The molecular weight excluding hydrogens is 516 g/mol. The number of nitrogens with two attached hydrogens (primary N) is 1. The van der Waals surface area contributed by atoms with E-state index in [-0.39, 0.29) is 44.3 Å². The number of hydrogen-bond donors (Lipinski definition) is 4. The molecule has 0 saturated carbocycles. The number of aliphatic hydroxyl groups excluding tert-OH is 1. The summed E-state index contributed by atoms with van der Waals surface area (Å²) in [5, 5.41) is 17.5. The Balaban J connectivity index is 1.46. The summed E-state index contributed by atoms with van der Waals surface area (Å²) in [4.78, 5) is 41.2. The summed E-state index contributed by atoms with van der Waals surface area (Å²) >= 11 is 0. The van der Waals surface area contributed by atoms with Crippen LogP contribution in [0.25, 0.3) is 10.8 Å². The van der Waals surface area contributed by atoms with Crippen molar-refractivity contribution in [1.29, 1.82) is 0 Å². The number of amides is 3. The molecule has 0 saturated heterocycles. The van der Waals surface area contributed by atoms with E-state index in [0.29, 0.717) is 12.1 Å². The molecule has 8 nitrogen and oxygen atoms in total. The predicted molar refractivity (Wildman–Crippen MR) is 160 cm³/mol. The number of carbonyl (C=O) groups is 3. The number of carbonyl (C=O) groups excluding carboxylic acids is 3. The second-order valence-electron chi connectivity index (χ2n) is 9.97. The van der Waals surface area contributed by atoms with Gasteiger partial charge in [0, 0.05) is 44.6 Å². The van der Waals surface area contributed by atoms with Crippen molar-refractivity contribution in [2.75, 3.05) is 19.6 Å². The first-order valence-corrected chi connectivity index (χ1v) is 13.7. The van der Waals surface area contributed by atoms with Gasteiger partial charge in [-0.1, -0.05) is 91.0 Å². The van der Waals surface area contributed by atoms with Crippen LogP contribution in [-0.2, 0) is 22.6 Å². The number of rotatable bonds is 13. The highest BCUT2D eigenvalue weighted by molar-refractivity contribution is 5.94. The molecular formula is C33H36N4O4. The van der Waals surface area contributed by atoms with Gasteiger partial charge in [0.2, 0.25) is 11.8 Å². The molecule has 4 aromatic rings. The van der Waals surface area contributed by atoms with Gasteiger partial charge in [-0.05, 0) is 34.0 Å². The average Bonchev–Trinajstić information content (AvgIpc) is 3.01. The summed E-state index contributed by atoms with van der Waals surface area (Å²) in [6.07, 6.45) is -0.609. The summed E-state index contributed by atoms with van der Waals surface area (Å²) in [5.41, 5.74) is 7.85. The van der Waals surface area contributed by atoms with Crippen LogP contribution < -0.4 is 16.4 Å². The number of aliphatic hydroxyl groups is 1. The summed E-state index contributed by atoms with van der Waals surface area (Å²) in [6.45, 7) is 0.509. The molecule has 5 N–H and O–H groups in total. The highest BCUT2D eigenvalue weighted by Crippen LogP contribution is 2.17. The standard InChI is InChI=1S/C33H36N4O4/c34-21-29(38)22-35-32(40)30(20-25-15-16-26-11-7-8-14-28(26)19-25)36-31(39)17-18-37(23-24-9-3-1-4-10-24)33(41)27-12-5-2-6-13-27/h1-16,19,29-30,38H,17-18,20-23,34H2,(H,35,40)(H,36,39)/t29?,30-/m1/s1. The monoisotopic (exact) mass is 552 g/mol. The number of fused-ring (bicyclic) bond motifs is 1. The van der Waals surface area contributed by atoms with Gasteiger partial charge in [0.15, 0.2) is 0 Å². The first kappa shape index (κ1) is 29.5. The van der Waals surface area contributed by atoms with Crippen LogP contribution in [0.2, 0.25) is 0 Å². The van der Waals surface area contributed by atoms with E-state index < -0.39 is 18.1 Å². The Bertz CT molecular complexity index is 1450. The Kier molecular flexibility index (Phi) is 10.6. The molecule has 0 aliphatic carbocycles. The molecule has 3 amide bonds. The zero-order valence-electron chi connectivity index (χ0n) is 22.9. The van der Waals surface area contributed by atoms with E-state index in [1.165, 1.54) is 0 Å². The van der Waals surface area contributed by atoms with Gasteiger partial charge in [-0.25, -0.2) is 0 Å². The number of nitrogens with one attached hydrogen (secondary N) is 2. The van der Waals surface area contributed by atoms with Crippen molar-refractivity contribution in [1.82, 2.24) is 15.5 Å². The fraction of sp³-hybridized carbons (Fsp3) is 0.242. The van der Waals surface area contributed by atoms with Crippen LogP contribution in [0.5, 0.6) is 0 Å². The lowest BCUT2D eigenvalue weighted by Gasteiger charge is -2.24. The molecule has 212 valence electrons. The fourth-order valence-electron chi connectivity index (χ4n) is 4.56. The van der Waals surface area contributed by atoms with Gasteiger partial charge in [-0.15, -0.1) is 0 Å². The molecule has 2 atom stereocenters. The lowest BCUT2D eigenvalue weighted by molar-refractivity contribution is -0.129. The Morgan fingerprint density at radius 2 is 1.46 bits per heavy atom. The van der Waals surface area contributed by atoms with Gasteiger partial charge in [0.05, 0.1) is 6.10 Å². The van der Waals surface area contributed by atoms with Gasteiger partial charge >= 0.3 is 0 Å². The van der Waals surface area contributed by atoms with E-state index in [2.05, 4.69) is 10.6 Å². The quantitative estimate of drug-likeness (QED) is 0.203.